The zero-order valence-electron chi connectivity index (χ0n) is 9.25. The fourth-order valence-corrected chi connectivity index (χ4v) is 1.73. The Morgan fingerprint density at radius 2 is 2.06 bits per heavy atom. The Hall–Kier alpha value is -1.58. The smallest absolute Gasteiger partial charge is 0.340 e. The summed E-state index contributed by atoms with van der Waals surface area (Å²) in [6, 6.07) is 2.79. The highest BCUT2D eigenvalue weighted by molar-refractivity contribution is 5.90. The minimum Gasteiger partial charge on any atom is -0.496 e. The second kappa shape index (κ2) is 4.12. The SMILES string of the molecule is COC(=O)c1cc(C2CC2)c(OC)cc1F. The molecular weight excluding hydrogens is 211 g/mol. The lowest BCUT2D eigenvalue weighted by Gasteiger charge is -2.10. The molecule has 0 saturated heterocycles. The van der Waals surface area contributed by atoms with E-state index in [1.807, 2.05) is 0 Å². The van der Waals surface area contributed by atoms with E-state index in [1.54, 1.807) is 0 Å². The molecule has 0 bridgehead atoms. The molecule has 0 amide bonds. The van der Waals surface area contributed by atoms with Gasteiger partial charge in [-0.1, -0.05) is 0 Å². The normalized spacial score (nSPS) is 14.7. The van der Waals surface area contributed by atoms with Crippen LogP contribution in [0.5, 0.6) is 5.75 Å². The van der Waals surface area contributed by atoms with Gasteiger partial charge in [0.15, 0.2) is 0 Å². The van der Waals surface area contributed by atoms with Gasteiger partial charge >= 0.3 is 5.97 Å². The fourth-order valence-electron chi connectivity index (χ4n) is 1.73. The van der Waals surface area contributed by atoms with E-state index in [2.05, 4.69) is 4.74 Å². The average molecular weight is 224 g/mol. The van der Waals surface area contributed by atoms with Crippen molar-refractivity contribution in [3.63, 3.8) is 0 Å². The first-order valence-electron chi connectivity index (χ1n) is 5.13. The average Bonchev–Trinajstić information content (AvgIpc) is 3.11. The number of benzene rings is 1. The summed E-state index contributed by atoms with van der Waals surface area (Å²) < 4.78 is 23.2. The van der Waals surface area contributed by atoms with Crippen molar-refractivity contribution in [2.45, 2.75) is 18.8 Å². The summed E-state index contributed by atoms with van der Waals surface area (Å²) in [7, 11) is 2.74. The lowest BCUT2D eigenvalue weighted by molar-refractivity contribution is 0.0595. The van der Waals surface area contributed by atoms with Crippen LogP contribution in [0, 0.1) is 5.82 Å². The van der Waals surface area contributed by atoms with Crippen LogP contribution in [0.3, 0.4) is 0 Å². The third kappa shape index (κ3) is 1.87. The number of carbonyl (C=O) groups is 1. The van der Waals surface area contributed by atoms with Crippen molar-refractivity contribution >= 4 is 5.97 Å². The molecule has 1 saturated carbocycles. The minimum absolute atomic E-state index is 0.0230. The molecule has 0 heterocycles. The summed E-state index contributed by atoms with van der Waals surface area (Å²) in [5.41, 5.74) is 0.870. The van der Waals surface area contributed by atoms with Crippen molar-refractivity contribution < 1.29 is 18.7 Å². The first-order chi connectivity index (χ1) is 7.67. The van der Waals surface area contributed by atoms with Crippen molar-refractivity contribution in [2.24, 2.45) is 0 Å². The summed E-state index contributed by atoms with van der Waals surface area (Å²) in [5, 5.41) is 0. The number of halogens is 1. The topological polar surface area (TPSA) is 35.5 Å². The maximum atomic E-state index is 13.6. The predicted molar refractivity (Wildman–Crippen MR) is 56.3 cm³/mol. The van der Waals surface area contributed by atoms with Gasteiger partial charge in [0.2, 0.25) is 0 Å². The summed E-state index contributed by atoms with van der Waals surface area (Å²) in [6.45, 7) is 0. The maximum Gasteiger partial charge on any atom is 0.340 e. The van der Waals surface area contributed by atoms with Crippen LogP contribution in [0.1, 0.15) is 34.7 Å². The molecule has 3 nitrogen and oxygen atoms in total. The van der Waals surface area contributed by atoms with E-state index < -0.39 is 11.8 Å². The lowest BCUT2D eigenvalue weighted by atomic mass is 10.0. The fraction of sp³-hybridized carbons (Fsp3) is 0.417. The van der Waals surface area contributed by atoms with Crippen molar-refractivity contribution in [1.29, 1.82) is 0 Å². The minimum atomic E-state index is -0.651. The van der Waals surface area contributed by atoms with E-state index in [-0.39, 0.29) is 5.56 Å². The number of hydrogen-bond acceptors (Lipinski definition) is 3. The Balaban J connectivity index is 2.46. The molecule has 4 heteroatoms. The zero-order chi connectivity index (χ0) is 11.7. The molecule has 2 rings (SSSR count). The molecule has 1 fully saturated rings. The van der Waals surface area contributed by atoms with Gasteiger partial charge in [0, 0.05) is 6.07 Å². The highest BCUT2D eigenvalue weighted by atomic mass is 19.1. The van der Waals surface area contributed by atoms with Gasteiger partial charge in [-0.05, 0) is 30.4 Å². The number of ether oxygens (including phenoxy) is 2. The first-order valence-corrected chi connectivity index (χ1v) is 5.13. The van der Waals surface area contributed by atoms with Gasteiger partial charge in [-0.2, -0.15) is 0 Å². The highest BCUT2D eigenvalue weighted by Gasteiger charge is 2.29. The van der Waals surface area contributed by atoms with E-state index in [9.17, 15) is 9.18 Å². The van der Waals surface area contributed by atoms with Gasteiger partial charge in [-0.3, -0.25) is 0 Å². The number of hydrogen-bond donors (Lipinski definition) is 0. The van der Waals surface area contributed by atoms with Crippen LogP contribution in [0.15, 0.2) is 12.1 Å². The molecule has 0 aromatic heterocycles. The summed E-state index contributed by atoms with van der Waals surface area (Å²) in [5.74, 6) is -0.359. The molecule has 86 valence electrons. The third-order valence-electron chi connectivity index (χ3n) is 2.74. The molecule has 0 aliphatic heterocycles. The van der Waals surface area contributed by atoms with Crippen LogP contribution in [0.2, 0.25) is 0 Å². The largest absolute Gasteiger partial charge is 0.496 e. The summed E-state index contributed by atoms with van der Waals surface area (Å²) in [4.78, 5) is 11.3. The quantitative estimate of drug-likeness (QED) is 0.740. The molecule has 1 aliphatic rings. The molecule has 1 aromatic rings. The number of esters is 1. The molecule has 0 N–H and O–H groups in total. The molecular formula is C12H13FO3. The molecule has 1 aromatic carbocycles. The number of carbonyl (C=O) groups excluding carboxylic acids is 1. The summed E-state index contributed by atoms with van der Waals surface area (Å²) in [6.07, 6.45) is 2.12. The Bertz CT molecular complexity index is 425. The van der Waals surface area contributed by atoms with Gasteiger partial charge in [0.25, 0.3) is 0 Å². The Labute approximate surface area is 93.2 Å². The Morgan fingerprint density at radius 1 is 1.38 bits per heavy atom. The maximum absolute atomic E-state index is 13.6. The van der Waals surface area contributed by atoms with Crippen LogP contribution >= 0.6 is 0 Å². The van der Waals surface area contributed by atoms with E-state index in [0.717, 1.165) is 18.4 Å². The van der Waals surface area contributed by atoms with Crippen LogP contribution in [0.4, 0.5) is 4.39 Å². The Morgan fingerprint density at radius 3 is 2.56 bits per heavy atom. The molecule has 0 atom stereocenters. The predicted octanol–water partition coefficient (Wildman–Crippen LogP) is 2.50. The van der Waals surface area contributed by atoms with Crippen molar-refractivity contribution in [2.75, 3.05) is 14.2 Å². The first kappa shape index (κ1) is 10.9. The molecule has 16 heavy (non-hydrogen) atoms. The standard InChI is InChI=1S/C12H13FO3/c1-15-11-6-10(13)9(12(14)16-2)5-8(11)7-3-4-7/h5-7H,3-4H2,1-2H3. The second-order valence-electron chi connectivity index (χ2n) is 3.84. The van der Waals surface area contributed by atoms with Gasteiger partial charge < -0.3 is 9.47 Å². The van der Waals surface area contributed by atoms with Crippen LogP contribution in [0.25, 0.3) is 0 Å². The number of methoxy groups -OCH3 is 2. The highest BCUT2D eigenvalue weighted by Crippen LogP contribution is 2.45. The van der Waals surface area contributed by atoms with Crippen molar-refractivity contribution in [1.82, 2.24) is 0 Å². The lowest BCUT2D eigenvalue weighted by Crippen LogP contribution is -2.06. The molecule has 0 radical (unpaired) electrons. The van der Waals surface area contributed by atoms with Crippen LogP contribution in [-0.2, 0) is 4.74 Å². The molecule has 1 aliphatic carbocycles. The molecule has 0 unspecified atom stereocenters. The summed E-state index contributed by atoms with van der Waals surface area (Å²) >= 11 is 0. The van der Waals surface area contributed by atoms with E-state index in [4.69, 9.17) is 4.74 Å². The molecule has 0 spiro atoms. The van der Waals surface area contributed by atoms with E-state index in [0.29, 0.717) is 11.7 Å². The van der Waals surface area contributed by atoms with Gasteiger partial charge in [-0.15, -0.1) is 0 Å². The zero-order valence-corrected chi connectivity index (χ0v) is 9.25. The number of rotatable bonds is 3. The van der Waals surface area contributed by atoms with Crippen LogP contribution < -0.4 is 4.74 Å². The second-order valence-corrected chi connectivity index (χ2v) is 3.84. The van der Waals surface area contributed by atoms with Crippen molar-refractivity contribution in [3.05, 3.63) is 29.1 Å². The van der Waals surface area contributed by atoms with E-state index in [1.165, 1.54) is 26.4 Å². The van der Waals surface area contributed by atoms with E-state index >= 15 is 0 Å². The van der Waals surface area contributed by atoms with Gasteiger partial charge in [0.1, 0.15) is 11.6 Å². The van der Waals surface area contributed by atoms with Crippen LogP contribution in [-0.4, -0.2) is 20.2 Å². The van der Waals surface area contributed by atoms with Gasteiger partial charge in [0.05, 0.1) is 19.8 Å². The monoisotopic (exact) mass is 224 g/mol. The van der Waals surface area contributed by atoms with Gasteiger partial charge in [-0.25, -0.2) is 9.18 Å². The third-order valence-corrected chi connectivity index (χ3v) is 2.74. The van der Waals surface area contributed by atoms with Crippen molar-refractivity contribution in [3.8, 4) is 5.75 Å². The Kier molecular flexibility index (Phi) is 2.81.